The molecule has 52 valence electrons. The van der Waals surface area contributed by atoms with E-state index in [1.807, 2.05) is 18.2 Å². The van der Waals surface area contributed by atoms with Crippen LogP contribution in [-0.4, -0.2) is 0 Å². The minimum absolute atomic E-state index is 0.878. The van der Waals surface area contributed by atoms with Crippen LogP contribution in [0.1, 0.15) is 5.56 Å². The monoisotopic (exact) mass is 135 g/mol. The largest absolute Gasteiger partial charge is 0.308 e. The van der Waals surface area contributed by atoms with Crippen LogP contribution < -0.4 is 16.4 Å². The Balaban J connectivity index is 2.41. The number of nitrogens with one attached hydrogen (secondary N) is 3. The fourth-order valence-electron chi connectivity index (χ4n) is 1.05. The molecule has 0 fully saturated rings. The molecule has 1 heterocycles. The van der Waals surface area contributed by atoms with Crippen LogP contribution in [0.4, 0.5) is 5.69 Å². The van der Waals surface area contributed by atoms with E-state index in [2.05, 4.69) is 22.5 Å². The summed E-state index contributed by atoms with van der Waals surface area (Å²) in [5.41, 5.74) is 11.3. The maximum absolute atomic E-state index is 3.00. The number of hydrogen-bond donors (Lipinski definition) is 3. The molecule has 3 heteroatoms. The molecule has 0 radical (unpaired) electrons. The highest BCUT2D eigenvalue weighted by Gasteiger charge is 2.03. The summed E-state index contributed by atoms with van der Waals surface area (Å²) in [6.45, 7) is 0.878. The van der Waals surface area contributed by atoms with Gasteiger partial charge in [-0.2, -0.15) is 5.53 Å². The van der Waals surface area contributed by atoms with Crippen LogP contribution in [0.15, 0.2) is 24.3 Å². The quantitative estimate of drug-likeness (QED) is 0.488. The lowest BCUT2D eigenvalue weighted by molar-refractivity contribution is 0.567. The highest BCUT2D eigenvalue weighted by molar-refractivity contribution is 5.51. The van der Waals surface area contributed by atoms with Gasteiger partial charge in [-0.3, -0.25) is 0 Å². The predicted octanol–water partition coefficient (Wildman–Crippen LogP) is 0.621. The second-order valence-electron chi connectivity index (χ2n) is 2.26. The zero-order valence-corrected chi connectivity index (χ0v) is 5.52. The molecule has 3 nitrogen and oxygen atoms in total. The van der Waals surface area contributed by atoms with Gasteiger partial charge >= 0.3 is 0 Å². The van der Waals surface area contributed by atoms with Crippen molar-refractivity contribution in [2.24, 2.45) is 0 Å². The highest BCUT2D eigenvalue weighted by atomic mass is 15.6. The third-order valence-corrected chi connectivity index (χ3v) is 1.58. The first-order valence-electron chi connectivity index (χ1n) is 3.28. The molecule has 2 rings (SSSR count). The van der Waals surface area contributed by atoms with E-state index < -0.39 is 0 Å². The fourth-order valence-corrected chi connectivity index (χ4v) is 1.05. The lowest BCUT2D eigenvalue weighted by Crippen LogP contribution is -2.40. The highest BCUT2D eigenvalue weighted by Crippen LogP contribution is 2.14. The molecule has 0 aromatic heterocycles. The third kappa shape index (κ3) is 0.853. The number of hydrazine groups is 2. The molecule has 1 aromatic rings. The smallest absolute Gasteiger partial charge is 0.0546 e. The van der Waals surface area contributed by atoms with Crippen molar-refractivity contribution in [3.8, 4) is 0 Å². The Morgan fingerprint density at radius 3 is 3.00 bits per heavy atom. The standard InChI is InChI=1S/C7H9N3/c1-2-4-7-6(3-1)5-8-10-9-7/h1-4,8-10H,5H2. The average Bonchev–Trinajstić information content (AvgIpc) is 2.05. The molecule has 0 atom stereocenters. The summed E-state index contributed by atoms with van der Waals surface area (Å²) < 4.78 is 0. The van der Waals surface area contributed by atoms with E-state index in [-0.39, 0.29) is 0 Å². The van der Waals surface area contributed by atoms with Gasteiger partial charge < -0.3 is 5.43 Å². The van der Waals surface area contributed by atoms with E-state index in [1.54, 1.807) is 0 Å². The molecule has 0 aliphatic carbocycles. The molecule has 0 saturated carbocycles. The lowest BCUT2D eigenvalue weighted by Gasteiger charge is -2.18. The van der Waals surface area contributed by atoms with Crippen molar-refractivity contribution < 1.29 is 0 Å². The van der Waals surface area contributed by atoms with Crippen molar-refractivity contribution in [3.63, 3.8) is 0 Å². The number of anilines is 1. The Labute approximate surface area is 59.4 Å². The molecule has 10 heavy (non-hydrogen) atoms. The number of benzene rings is 1. The average molecular weight is 135 g/mol. The molecule has 0 saturated heterocycles. The Morgan fingerprint density at radius 2 is 2.10 bits per heavy atom. The second kappa shape index (κ2) is 2.28. The van der Waals surface area contributed by atoms with Crippen LogP contribution in [0.5, 0.6) is 0 Å². The van der Waals surface area contributed by atoms with E-state index in [1.165, 1.54) is 5.56 Å². The molecule has 1 aromatic carbocycles. The van der Waals surface area contributed by atoms with Gasteiger partial charge in [-0.25, -0.2) is 5.43 Å². The summed E-state index contributed by atoms with van der Waals surface area (Å²) >= 11 is 0. The Kier molecular flexibility index (Phi) is 1.30. The minimum Gasteiger partial charge on any atom is -0.308 e. The zero-order valence-electron chi connectivity index (χ0n) is 5.52. The van der Waals surface area contributed by atoms with Crippen LogP contribution in [0.3, 0.4) is 0 Å². The topological polar surface area (TPSA) is 36.1 Å². The first-order chi connectivity index (χ1) is 4.97. The number of para-hydroxylation sites is 1. The lowest BCUT2D eigenvalue weighted by atomic mass is 10.2. The Morgan fingerprint density at radius 1 is 1.20 bits per heavy atom. The van der Waals surface area contributed by atoms with Crippen molar-refractivity contribution in [1.82, 2.24) is 11.0 Å². The number of rotatable bonds is 0. The summed E-state index contributed by atoms with van der Waals surface area (Å²) in [7, 11) is 0. The van der Waals surface area contributed by atoms with Gasteiger partial charge in [-0.1, -0.05) is 18.2 Å². The molecule has 0 spiro atoms. The van der Waals surface area contributed by atoms with Crippen molar-refractivity contribution in [3.05, 3.63) is 29.8 Å². The Hall–Kier alpha value is -1.06. The van der Waals surface area contributed by atoms with E-state index in [4.69, 9.17) is 0 Å². The molecular weight excluding hydrogens is 126 g/mol. The minimum atomic E-state index is 0.878. The van der Waals surface area contributed by atoms with Gasteiger partial charge in [-0.15, -0.1) is 0 Å². The van der Waals surface area contributed by atoms with Gasteiger partial charge in [0.15, 0.2) is 0 Å². The molecule has 1 aliphatic rings. The summed E-state index contributed by atoms with van der Waals surface area (Å²) in [4.78, 5) is 0. The molecule has 3 N–H and O–H groups in total. The van der Waals surface area contributed by atoms with Gasteiger partial charge in [-0.05, 0) is 11.6 Å². The van der Waals surface area contributed by atoms with Crippen molar-refractivity contribution in [2.75, 3.05) is 5.43 Å². The molecule has 0 bridgehead atoms. The van der Waals surface area contributed by atoms with Crippen molar-refractivity contribution in [1.29, 1.82) is 0 Å². The van der Waals surface area contributed by atoms with Gasteiger partial charge in [0.2, 0.25) is 0 Å². The normalized spacial score (nSPS) is 15.6. The summed E-state index contributed by atoms with van der Waals surface area (Å²) in [6.07, 6.45) is 0. The summed E-state index contributed by atoms with van der Waals surface area (Å²) in [5, 5.41) is 0. The van der Waals surface area contributed by atoms with Gasteiger partial charge in [0.05, 0.1) is 5.69 Å². The van der Waals surface area contributed by atoms with Crippen LogP contribution >= 0.6 is 0 Å². The van der Waals surface area contributed by atoms with Crippen molar-refractivity contribution in [2.45, 2.75) is 6.54 Å². The second-order valence-corrected chi connectivity index (χ2v) is 2.26. The molecule has 1 aliphatic heterocycles. The van der Waals surface area contributed by atoms with Crippen LogP contribution in [0, 0.1) is 0 Å². The molecule has 0 amide bonds. The maximum Gasteiger partial charge on any atom is 0.0546 e. The number of hydrogen-bond acceptors (Lipinski definition) is 3. The van der Waals surface area contributed by atoms with E-state index in [9.17, 15) is 0 Å². The van der Waals surface area contributed by atoms with Gasteiger partial charge in [0, 0.05) is 6.54 Å². The van der Waals surface area contributed by atoms with Crippen LogP contribution in [0.2, 0.25) is 0 Å². The summed E-state index contributed by atoms with van der Waals surface area (Å²) in [5.74, 6) is 0. The van der Waals surface area contributed by atoms with Gasteiger partial charge in [0.25, 0.3) is 0 Å². The number of fused-ring (bicyclic) bond motifs is 1. The maximum atomic E-state index is 3.00. The zero-order chi connectivity index (χ0) is 6.81. The van der Waals surface area contributed by atoms with E-state index >= 15 is 0 Å². The molecule has 0 unspecified atom stereocenters. The first-order valence-corrected chi connectivity index (χ1v) is 3.28. The Bertz CT molecular complexity index is 209. The first kappa shape index (κ1) is 5.70. The van der Waals surface area contributed by atoms with E-state index in [0.29, 0.717) is 0 Å². The van der Waals surface area contributed by atoms with Gasteiger partial charge in [0.1, 0.15) is 0 Å². The van der Waals surface area contributed by atoms with Crippen LogP contribution in [-0.2, 0) is 6.54 Å². The van der Waals surface area contributed by atoms with E-state index in [0.717, 1.165) is 12.2 Å². The summed E-state index contributed by atoms with van der Waals surface area (Å²) in [6, 6.07) is 8.19. The fraction of sp³-hybridized carbons (Fsp3) is 0.143. The SMILES string of the molecule is c1ccc2c(c1)CNNN2. The molecular formula is C7H9N3. The third-order valence-electron chi connectivity index (χ3n) is 1.58. The predicted molar refractivity (Wildman–Crippen MR) is 40.0 cm³/mol. The van der Waals surface area contributed by atoms with Crippen molar-refractivity contribution >= 4 is 5.69 Å². The van der Waals surface area contributed by atoms with Crippen LogP contribution in [0.25, 0.3) is 0 Å².